The van der Waals surface area contributed by atoms with Gasteiger partial charge in [-0.15, -0.1) is 0 Å². The van der Waals surface area contributed by atoms with Crippen LogP contribution in [0.3, 0.4) is 0 Å². The van der Waals surface area contributed by atoms with Crippen molar-refractivity contribution in [2.24, 2.45) is 0 Å². The Morgan fingerprint density at radius 2 is 1.04 bits per heavy atom. The Morgan fingerprint density at radius 3 is 1.38 bits per heavy atom. The zero-order valence-corrected chi connectivity index (χ0v) is 18.7. The number of unbranched alkanes of at least 4 members (excludes halogenated alkanes) is 13. The van der Waals surface area contributed by atoms with Gasteiger partial charge in [-0.2, -0.15) is 8.42 Å². The van der Waals surface area contributed by atoms with Crippen LogP contribution < -0.4 is 6.15 Å². The molecule has 0 aromatic carbocycles. The fraction of sp³-hybridized carbons (Fsp3) is 1.00. The van der Waals surface area contributed by atoms with E-state index in [-0.39, 0.29) is 6.15 Å². The number of hydrogen-bond donors (Lipinski definition) is 1. The van der Waals surface area contributed by atoms with Crippen LogP contribution in [-0.2, 0) is 18.8 Å². The van der Waals surface area contributed by atoms with Crippen LogP contribution in [0.4, 0.5) is 0 Å². The molecule has 0 spiro atoms. The van der Waals surface area contributed by atoms with Crippen molar-refractivity contribution in [1.82, 2.24) is 6.15 Å². The van der Waals surface area contributed by atoms with Crippen LogP contribution in [0, 0.1) is 0 Å². The molecule has 0 atom stereocenters. The van der Waals surface area contributed by atoms with Crippen molar-refractivity contribution in [1.29, 1.82) is 0 Å². The van der Waals surface area contributed by atoms with Crippen LogP contribution in [0.25, 0.3) is 0 Å². The standard InChI is InChI=1S/C20H42O4S.H3N/c1-5-6-7-8-9-10-11-12-13-14-15-16-17-18-19-20(2,3)24-25(21,22)23-4;/h5-19H2,1-4H3;1H3. The minimum Gasteiger partial charge on any atom is -0.344 e. The molecule has 6 heteroatoms. The van der Waals surface area contributed by atoms with Crippen LogP contribution in [0.1, 0.15) is 117 Å². The fourth-order valence-corrected chi connectivity index (χ4v) is 3.80. The molecular weight excluding hydrogens is 350 g/mol. The Morgan fingerprint density at radius 1 is 0.692 bits per heavy atom. The second-order valence-corrected chi connectivity index (χ2v) is 9.08. The molecule has 0 aliphatic heterocycles. The summed E-state index contributed by atoms with van der Waals surface area (Å²) < 4.78 is 32.0. The van der Waals surface area contributed by atoms with Crippen molar-refractivity contribution < 1.29 is 16.8 Å². The topological polar surface area (TPSA) is 87.6 Å². The summed E-state index contributed by atoms with van der Waals surface area (Å²) in [4.78, 5) is 0. The first-order valence-electron chi connectivity index (χ1n) is 10.3. The van der Waals surface area contributed by atoms with E-state index in [1.165, 1.54) is 77.0 Å². The number of hydrogen-bond acceptors (Lipinski definition) is 5. The van der Waals surface area contributed by atoms with Crippen molar-refractivity contribution in [2.75, 3.05) is 7.11 Å². The van der Waals surface area contributed by atoms with E-state index in [4.69, 9.17) is 4.18 Å². The Bertz CT molecular complexity index is 397. The van der Waals surface area contributed by atoms with Gasteiger partial charge in [0.2, 0.25) is 0 Å². The van der Waals surface area contributed by atoms with Crippen LogP contribution >= 0.6 is 0 Å². The monoisotopic (exact) mass is 395 g/mol. The fourth-order valence-electron chi connectivity index (χ4n) is 3.10. The normalized spacial score (nSPS) is 12.2. The second-order valence-electron chi connectivity index (χ2n) is 7.76. The predicted molar refractivity (Wildman–Crippen MR) is 111 cm³/mol. The molecule has 0 aromatic rings. The van der Waals surface area contributed by atoms with Gasteiger partial charge in [-0.3, -0.25) is 4.18 Å². The lowest BCUT2D eigenvalue weighted by molar-refractivity contribution is 0.0820. The summed E-state index contributed by atoms with van der Waals surface area (Å²) in [6.45, 7) is 5.86. The highest BCUT2D eigenvalue weighted by Gasteiger charge is 2.26. The van der Waals surface area contributed by atoms with Gasteiger partial charge in [-0.05, 0) is 20.3 Å². The van der Waals surface area contributed by atoms with Crippen molar-refractivity contribution >= 4 is 10.4 Å². The lowest BCUT2D eigenvalue weighted by Gasteiger charge is -2.23. The quantitative estimate of drug-likeness (QED) is 0.261. The van der Waals surface area contributed by atoms with E-state index in [2.05, 4.69) is 11.1 Å². The molecule has 0 unspecified atom stereocenters. The SMILES string of the molecule is CCCCCCCCCCCCCCCCC(C)(C)OS(=O)(=O)OC.N. The maximum absolute atomic E-state index is 11.3. The van der Waals surface area contributed by atoms with Gasteiger partial charge in [0.1, 0.15) is 0 Å². The van der Waals surface area contributed by atoms with Crippen molar-refractivity contribution in [3.63, 3.8) is 0 Å². The highest BCUT2D eigenvalue weighted by Crippen LogP contribution is 2.22. The molecular formula is C20H45NO4S. The van der Waals surface area contributed by atoms with Crippen molar-refractivity contribution in [2.45, 2.75) is 123 Å². The Balaban J connectivity index is 0. The highest BCUT2D eigenvalue weighted by molar-refractivity contribution is 7.81. The minimum atomic E-state index is -3.85. The minimum absolute atomic E-state index is 0. The first-order chi connectivity index (χ1) is 11.8. The molecule has 26 heavy (non-hydrogen) atoms. The molecule has 0 fully saturated rings. The zero-order chi connectivity index (χ0) is 19.0. The highest BCUT2D eigenvalue weighted by atomic mass is 32.3. The molecule has 0 saturated carbocycles. The van der Waals surface area contributed by atoms with E-state index in [9.17, 15) is 8.42 Å². The van der Waals surface area contributed by atoms with Gasteiger partial charge < -0.3 is 6.15 Å². The molecule has 0 bridgehead atoms. The third-order valence-electron chi connectivity index (χ3n) is 4.66. The van der Waals surface area contributed by atoms with Gasteiger partial charge >= 0.3 is 10.4 Å². The molecule has 0 saturated heterocycles. The van der Waals surface area contributed by atoms with Crippen LogP contribution in [-0.4, -0.2) is 21.1 Å². The molecule has 0 heterocycles. The first kappa shape index (κ1) is 28.0. The molecule has 0 aliphatic rings. The Hall–Kier alpha value is -0.170. The van der Waals surface area contributed by atoms with Gasteiger partial charge in [0.15, 0.2) is 0 Å². The largest absolute Gasteiger partial charge is 0.400 e. The van der Waals surface area contributed by atoms with Crippen LogP contribution in [0.2, 0.25) is 0 Å². The Kier molecular flexibility index (Phi) is 18.3. The average molecular weight is 396 g/mol. The first-order valence-corrected chi connectivity index (χ1v) is 11.7. The molecule has 0 amide bonds. The molecule has 160 valence electrons. The third kappa shape index (κ3) is 18.6. The van der Waals surface area contributed by atoms with Crippen molar-refractivity contribution in [3.8, 4) is 0 Å². The lowest BCUT2D eigenvalue weighted by Crippen LogP contribution is -2.28. The molecule has 0 aliphatic carbocycles. The van der Waals surface area contributed by atoms with Gasteiger partial charge in [0, 0.05) is 0 Å². The molecule has 0 radical (unpaired) electrons. The van der Waals surface area contributed by atoms with Crippen molar-refractivity contribution in [3.05, 3.63) is 0 Å². The average Bonchev–Trinajstić information content (AvgIpc) is 2.54. The maximum atomic E-state index is 11.3. The van der Waals surface area contributed by atoms with E-state index in [1.54, 1.807) is 13.8 Å². The number of rotatable bonds is 18. The van der Waals surface area contributed by atoms with E-state index in [0.717, 1.165) is 26.4 Å². The molecule has 3 N–H and O–H groups in total. The van der Waals surface area contributed by atoms with Gasteiger partial charge in [-0.25, -0.2) is 4.18 Å². The predicted octanol–water partition coefficient (Wildman–Crippen LogP) is 6.71. The van der Waals surface area contributed by atoms with Crippen LogP contribution in [0.5, 0.6) is 0 Å². The third-order valence-corrected chi connectivity index (χ3v) is 5.73. The summed E-state index contributed by atoms with van der Waals surface area (Å²) in [5.41, 5.74) is -0.689. The van der Waals surface area contributed by atoms with Gasteiger partial charge in [0.05, 0.1) is 12.7 Å². The van der Waals surface area contributed by atoms with Gasteiger partial charge in [-0.1, -0.05) is 96.8 Å². The molecule has 0 rings (SSSR count). The summed E-state index contributed by atoms with van der Waals surface area (Å²) in [6.07, 6.45) is 19.2. The summed E-state index contributed by atoms with van der Waals surface area (Å²) >= 11 is 0. The second kappa shape index (κ2) is 17.0. The zero-order valence-electron chi connectivity index (χ0n) is 17.9. The maximum Gasteiger partial charge on any atom is 0.400 e. The smallest absolute Gasteiger partial charge is 0.344 e. The summed E-state index contributed by atoms with van der Waals surface area (Å²) in [7, 11) is -2.72. The molecule has 5 nitrogen and oxygen atoms in total. The van der Waals surface area contributed by atoms with Gasteiger partial charge in [0.25, 0.3) is 0 Å². The van der Waals surface area contributed by atoms with E-state index in [1.807, 2.05) is 0 Å². The molecule has 0 aromatic heterocycles. The van der Waals surface area contributed by atoms with E-state index in [0.29, 0.717) is 0 Å². The lowest BCUT2D eigenvalue weighted by atomic mass is 9.99. The summed E-state index contributed by atoms with van der Waals surface area (Å²) in [5.74, 6) is 0. The van der Waals surface area contributed by atoms with Crippen LogP contribution in [0.15, 0.2) is 0 Å². The van der Waals surface area contributed by atoms with E-state index >= 15 is 0 Å². The summed E-state index contributed by atoms with van der Waals surface area (Å²) in [5, 5.41) is 0. The Labute approximate surface area is 163 Å². The summed E-state index contributed by atoms with van der Waals surface area (Å²) in [6, 6.07) is 0. The van der Waals surface area contributed by atoms with E-state index < -0.39 is 16.0 Å².